The molecule has 158 valence electrons. The second-order valence-electron chi connectivity index (χ2n) is 6.67. The minimum atomic E-state index is -4.48. The van der Waals surface area contributed by atoms with Gasteiger partial charge in [0.2, 0.25) is 0 Å². The molecule has 10 heteroatoms. The van der Waals surface area contributed by atoms with E-state index in [4.69, 9.17) is 15.0 Å². The molecule has 3 atom stereocenters. The van der Waals surface area contributed by atoms with Gasteiger partial charge in [0.25, 0.3) is 5.91 Å². The summed E-state index contributed by atoms with van der Waals surface area (Å²) in [6, 6.07) is 6.21. The highest BCUT2D eigenvalue weighted by Crippen LogP contribution is 2.50. The summed E-state index contributed by atoms with van der Waals surface area (Å²) in [5, 5.41) is 11.8. The van der Waals surface area contributed by atoms with Crippen LogP contribution in [-0.2, 0) is 13.9 Å². The lowest BCUT2D eigenvalue weighted by atomic mass is 10.1. The standard InChI is InChI=1S/C18H29N2O7P/c1-12(2)17(20-16(21)13-7-9-14(26-3)10-8-13)28(24,25)27-15(18(22)23)6-4-5-11-19/h7-10,12,15,17H,4-6,11,19H2,1-3H3,(H,20,21)(H,22,23)(H,24,25)/t15-,17-/m1/s1. The summed E-state index contributed by atoms with van der Waals surface area (Å²) in [6.45, 7) is 3.65. The summed E-state index contributed by atoms with van der Waals surface area (Å²) in [6.07, 6.45) is -0.390. The average Bonchev–Trinajstić information content (AvgIpc) is 2.64. The van der Waals surface area contributed by atoms with E-state index < -0.39 is 37.3 Å². The van der Waals surface area contributed by atoms with Gasteiger partial charge in [-0.25, -0.2) is 4.79 Å². The lowest BCUT2D eigenvalue weighted by Gasteiger charge is -2.28. The Morgan fingerprint density at radius 2 is 1.82 bits per heavy atom. The third-order valence-electron chi connectivity index (χ3n) is 4.09. The van der Waals surface area contributed by atoms with E-state index in [9.17, 15) is 24.2 Å². The number of aliphatic carboxylic acids is 1. The lowest BCUT2D eigenvalue weighted by Crippen LogP contribution is -2.40. The van der Waals surface area contributed by atoms with Crippen molar-refractivity contribution in [3.05, 3.63) is 29.8 Å². The summed E-state index contributed by atoms with van der Waals surface area (Å²) < 4.78 is 22.9. The van der Waals surface area contributed by atoms with Crippen LogP contribution in [-0.4, -0.2) is 47.4 Å². The number of rotatable bonds is 12. The molecule has 1 aromatic rings. The average molecular weight is 416 g/mol. The van der Waals surface area contributed by atoms with Crippen molar-refractivity contribution in [3.63, 3.8) is 0 Å². The Balaban J connectivity index is 2.92. The largest absolute Gasteiger partial charge is 0.497 e. The summed E-state index contributed by atoms with van der Waals surface area (Å²) in [4.78, 5) is 34.3. The molecule has 0 saturated carbocycles. The molecular weight excluding hydrogens is 387 g/mol. The number of hydrogen-bond donors (Lipinski definition) is 4. The molecule has 0 aliphatic carbocycles. The van der Waals surface area contributed by atoms with Crippen molar-refractivity contribution in [3.8, 4) is 5.75 Å². The van der Waals surface area contributed by atoms with E-state index >= 15 is 0 Å². The number of carbonyl (C=O) groups is 2. The van der Waals surface area contributed by atoms with Crippen LogP contribution in [0.4, 0.5) is 0 Å². The van der Waals surface area contributed by atoms with Gasteiger partial charge in [-0.15, -0.1) is 0 Å². The van der Waals surface area contributed by atoms with E-state index in [0.29, 0.717) is 25.1 Å². The van der Waals surface area contributed by atoms with Crippen LogP contribution < -0.4 is 15.8 Å². The number of nitrogens with one attached hydrogen (secondary N) is 1. The minimum Gasteiger partial charge on any atom is -0.497 e. The molecule has 0 bridgehead atoms. The van der Waals surface area contributed by atoms with Crippen LogP contribution in [0.25, 0.3) is 0 Å². The SMILES string of the molecule is COc1ccc(C(=O)N[C@@H](C(C)C)P(=O)(O)O[C@H](CCCCN)C(=O)O)cc1. The second kappa shape index (κ2) is 11.2. The molecule has 0 aliphatic rings. The summed E-state index contributed by atoms with van der Waals surface area (Å²) in [5.74, 6) is -3.09. The number of carbonyl (C=O) groups excluding carboxylic acids is 1. The first-order valence-corrected chi connectivity index (χ1v) is 10.7. The fraction of sp³-hybridized carbons (Fsp3) is 0.556. The third-order valence-corrected chi connectivity index (χ3v) is 6.07. The number of nitrogens with two attached hydrogens (primary N) is 1. The maximum atomic E-state index is 12.8. The maximum absolute atomic E-state index is 12.8. The molecule has 1 aromatic carbocycles. The predicted octanol–water partition coefficient (Wildman–Crippen LogP) is 2.19. The number of ether oxygens (including phenoxy) is 1. The molecule has 5 N–H and O–H groups in total. The molecular formula is C18H29N2O7P. The molecule has 0 aliphatic heterocycles. The molecule has 0 aromatic heterocycles. The van der Waals surface area contributed by atoms with Crippen LogP contribution in [0, 0.1) is 5.92 Å². The van der Waals surface area contributed by atoms with E-state index in [-0.39, 0.29) is 12.0 Å². The van der Waals surface area contributed by atoms with Crippen molar-refractivity contribution in [1.82, 2.24) is 5.32 Å². The number of carboxylic acid groups (broad SMARTS) is 1. The zero-order valence-corrected chi connectivity index (χ0v) is 17.2. The van der Waals surface area contributed by atoms with Crippen molar-refractivity contribution in [2.45, 2.75) is 45.0 Å². The van der Waals surface area contributed by atoms with Crippen LogP contribution in [0.15, 0.2) is 24.3 Å². The molecule has 1 unspecified atom stereocenters. The Morgan fingerprint density at radius 1 is 1.21 bits per heavy atom. The normalized spacial score (nSPS) is 15.5. The van der Waals surface area contributed by atoms with Crippen molar-refractivity contribution in [2.75, 3.05) is 13.7 Å². The Hall–Kier alpha value is -1.93. The number of unbranched alkanes of at least 4 members (excludes halogenated alkanes) is 1. The van der Waals surface area contributed by atoms with Gasteiger partial charge in [0.15, 0.2) is 6.10 Å². The van der Waals surface area contributed by atoms with Gasteiger partial charge in [0.1, 0.15) is 11.5 Å². The van der Waals surface area contributed by atoms with Crippen LogP contribution in [0.1, 0.15) is 43.5 Å². The van der Waals surface area contributed by atoms with Gasteiger partial charge < -0.3 is 25.8 Å². The molecule has 0 heterocycles. The fourth-order valence-electron chi connectivity index (χ4n) is 2.53. The first-order valence-electron chi connectivity index (χ1n) is 9.01. The first-order chi connectivity index (χ1) is 13.1. The van der Waals surface area contributed by atoms with Crippen molar-refractivity contribution < 1.29 is 33.4 Å². The highest BCUT2D eigenvalue weighted by molar-refractivity contribution is 7.53. The molecule has 0 fully saturated rings. The topological polar surface area (TPSA) is 148 Å². The molecule has 0 spiro atoms. The van der Waals surface area contributed by atoms with E-state index in [1.54, 1.807) is 26.0 Å². The Bertz CT molecular complexity index is 694. The number of hydrogen-bond acceptors (Lipinski definition) is 6. The van der Waals surface area contributed by atoms with Crippen molar-refractivity contribution >= 4 is 19.5 Å². The smallest absolute Gasteiger partial charge is 0.351 e. The number of benzene rings is 1. The van der Waals surface area contributed by atoms with Crippen LogP contribution in [0.5, 0.6) is 5.75 Å². The van der Waals surface area contributed by atoms with E-state index in [1.807, 2.05) is 0 Å². The Labute approximate surface area is 164 Å². The highest BCUT2D eigenvalue weighted by Gasteiger charge is 2.40. The summed E-state index contributed by atoms with van der Waals surface area (Å²) in [7, 11) is -2.98. The summed E-state index contributed by atoms with van der Waals surface area (Å²) in [5.41, 5.74) is 5.65. The van der Waals surface area contributed by atoms with Crippen molar-refractivity contribution in [1.29, 1.82) is 0 Å². The lowest BCUT2D eigenvalue weighted by molar-refractivity contribution is -0.145. The molecule has 9 nitrogen and oxygen atoms in total. The predicted molar refractivity (Wildman–Crippen MR) is 104 cm³/mol. The Kier molecular flexibility index (Phi) is 9.61. The van der Waals surface area contributed by atoms with Gasteiger partial charge in [-0.3, -0.25) is 13.9 Å². The second-order valence-corrected chi connectivity index (χ2v) is 8.57. The molecule has 0 saturated heterocycles. The number of carboxylic acids is 1. The number of methoxy groups -OCH3 is 1. The molecule has 1 rings (SSSR count). The van der Waals surface area contributed by atoms with E-state index in [0.717, 1.165) is 0 Å². The Morgan fingerprint density at radius 3 is 2.29 bits per heavy atom. The highest BCUT2D eigenvalue weighted by atomic mass is 31.2. The molecule has 1 amide bonds. The quantitative estimate of drug-likeness (QED) is 0.299. The van der Waals surface area contributed by atoms with Gasteiger partial charge in [-0.05, 0) is 56.0 Å². The summed E-state index contributed by atoms with van der Waals surface area (Å²) >= 11 is 0. The van der Waals surface area contributed by atoms with Gasteiger partial charge in [-0.2, -0.15) is 0 Å². The maximum Gasteiger partial charge on any atom is 0.351 e. The van der Waals surface area contributed by atoms with Gasteiger partial charge in [0, 0.05) is 5.56 Å². The van der Waals surface area contributed by atoms with Gasteiger partial charge in [0.05, 0.1) is 7.11 Å². The zero-order chi connectivity index (χ0) is 21.3. The van der Waals surface area contributed by atoms with Crippen molar-refractivity contribution in [2.24, 2.45) is 11.7 Å². The first kappa shape index (κ1) is 24.1. The number of amides is 1. The zero-order valence-electron chi connectivity index (χ0n) is 16.3. The third kappa shape index (κ3) is 7.24. The molecule has 28 heavy (non-hydrogen) atoms. The van der Waals surface area contributed by atoms with Crippen LogP contribution >= 0.6 is 7.60 Å². The van der Waals surface area contributed by atoms with Crippen LogP contribution in [0.3, 0.4) is 0 Å². The van der Waals surface area contributed by atoms with Gasteiger partial charge >= 0.3 is 13.6 Å². The fourth-order valence-corrected chi connectivity index (χ4v) is 4.25. The van der Waals surface area contributed by atoms with Gasteiger partial charge in [-0.1, -0.05) is 13.8 Å². The minimum absolute atomic E-state index is 0.0499. The van der Waals surface area contributed by atoms with E-state index in [1.165, 1.54) is 19.2 Å². The van der Waals surface area contributed by atoms with E-state index in [2.05, 4.69) is 5.32 Å². The molecule has 0 radical (unpaired) electrons. The monoisotopic (exact) mass is 416 g/mol. The van der Waals surface area contributed by atoms with Crippen LogP contribution in [0.2, 0.25) is 0 Å².